The van der Waals surface area contributed by atoms with Crippen molar-refractivity contribution in [3.8, 4) is 0 Å². The predicted molar refractivity (Wildman–Crippen MR) is 57.2 cm³/mol. The van der Waals surface area contributed by atoms with Gasteiger partial charge in [-0.25, -0.2) is 0 Å². The Bertz CT molecular complexity index is 299. The number of aryl methyl sites for hydroxylation is 1. The second-order valence-corrected chi connectivity index (χ2v) is 4.49. The Kier molecular flexibility index (Phi) is 2.64. The van der Waals surface area contributed by atoms with E-state index in [0.29, 0.717) is 5.54 Å². The van der Waals surface area contributed by atoms with Crippen LogP contribution < -0.4 is 5.32 Å². The average Bonchev–Trinajstić information content (AvgIpc) is 2.59. The van der Waals surface area contributed by atoms with Gasteiger partial charge in [0.25, 0.3) is 0 Å². The lowest BCUT2D eigenvalue weighted by molar-refractivity contribution is 0.201. The maximum atomic E-state index is 5.63. The summed E-state index contributed by atoms with van der Waals surface area (Å²) in [5.41, 5.74) is 0.374. The van der Waals surface area contributed by atoms with E-state index >= 15 is 0 Å². The van der Waals surface area contributed by atoms with Crippen LogP contribution in [-0.2, 0) is 13.0 Å². The first kappa shape index (κ1) is 9.78. The molecule has 2 nitrogen and oxygen atoms in total. The fourth-order valence-corrected chi connectivity index (χ4v) is 1.89. The summed E-state index contributed by atoms with van der Waals surface area (Å²) >= 11 is 0. The summed E-state index contributed by atoms with van der Waals surface area (Å²) in [6.07, 6.45) is 4.95. The van der Waals surface area contributed by atoms with Crippen molar-refractivity contribution in [2.24, 2.45) is 0 Å². The van der Waals surface area contributed by atoms with E-state index in [1.54, 1.807) is 0 Å². The third kappa shape index (κ3) is 2.01. The summed E-state index contributed by atoms with van der Waals surface area (Å²) in [5, 5.41) is 3.56. The van der Waals surface area contributed by atoms with Crippen LogP contribution in [0.25, 0.3) is 0 Å². The zero-order valence-corrected chi connectivity index (χ0v) is 9.10. The molecule has 0 spiro atoms. The molecule has 1 aliphatic carbocycles. The molecule has 0 aromatic carbocycles. The lowest BCUT2D eigenvalue weighted by Gasteiger charge is -2.39. The summed E-state index contributed by atoms with van der Waals surface area (Å²) < 4.78 is 5.63. The van der Waals surface area contributed by atoms with Crippen LogP contribution in [0, 0.1) is 0 Å². The quantitative estimate of drug-likeness (QED) is 0.795. The monoisotopic (exact) mass is 193 g/mol. The minimum Gasteiger partial charge on any atom is -0.465 e. The minimum absolute atomic E-state index is 0.374. The van der Waals surface area contributed by atoms with Gasteiger partial charge in [-0.1, -0.05) is 6.92 Å². The molecule has 78 valence electrons. The third-order valence-electron chi connectivity index (χ3n) is 3.21. The fraction of sp³-hybridized carbons (Fsp3) is 0.667. The van der Waals surface area contributed by atoms with Crippen LogP contribution in [0.2, 0.25) is 0 Å². The van der Waals surface area contributed by atoms with Crippen molar-refractivity contribution >= 4 is 0 Å². The normalized spacial score (nSPS) is 19.3. The Labute approximate surface area is 85.7 Å². The maximum Gasteiger partial charge on any atom is 0.117 e. The van der Waals surface area contributed by atoms with E-state index < -0.39 is 0 Å². The van der Waals surface area contributed by atoms with E-state index in [4.69, 9.17) is 4.42 Å². The molecule has 2 rings (SSSR count). The van der Waals surface area contributed by atoms with Crippen LogP contribution in [0.1, 0.15) is 44.6 Å². The molecule has 1 heterocycles. The lowest BCUT2D eigenvalue weighted by Crippen LogP contribution is -2.47. The van der Waals surface area contributed by atoms with Gasteiger partial charge in [0.1, 0.15) is 11.5 Å². The lowest BCUT2D eigenvalue weighted by atomic mass is 9.78. The van der Waals surface area contributed by atoms with Gasteiger partial charge in [0.2, 0.25) is 0 Å². The van der Waals surface area contributed by atoms with Crippen LogP contribution in [0.3, 0.4) is 0 Å². The molecule has 0 bridgehead atoms. The second-order valence-electron chi connectivity index (χ2n) is 4.49. The topological polar surface area (TPSA) is 25.2 Å². The minimum atomic E-state index is 0.374. The van der Waals surface area contributed by atoms with Crippen LogP contribution in [0.15, 0.2) is 16.5 Å². The van der Waals surface area contributed by atoms with Crippen molar-refractivity contribution in [1.82, 2.24) is 5.32 Å². The number of furan rings is 1. The molecule has 0 aliphatic heterocycles. The Balaban J connectivity index is 1.85. The van der Waals surface area contributed by atoms with Crippen molar-refractivity contribution < 1.29 is 4.42 Å². The van der Waals surface area contributed by atoms with Crippen LogP contribution in [0.5, 0.6) is 0 Å². The molecule has 0 atom stereocenters. The standard InChI is InChI=1S/C12H19NO/c1-3-10-5-6-11(14-10)9-13-12(2)7-4-8-12/h5-6,13H,3-4,7-9H2,1-2H3. The first-order chi connectivity index (χ1) is 6.72. The highest BCUT2D eigenvalue weighted by Gasteiger charge is 2.30. The summed E-state index contributed by atoms with van der Waals surface area (Å²) in [4.78, 5) is 0. The van der Waals surface area contributed by atoms with Crippen molar-refractivity contribution in [2.75, 3.05) is 0 Å². The molecule has 1 aromatic rings. The Hall–Kier alpha value is -0.760. The predicted octanol–water partition coefficient (Wildman–Crippen LogP) is 2.87. The van der Waals surface area contributed by atoms with Gasteiger partial charge in [0, 0.05) is 12.0 Å². The van der Waals surface area contributed by atoms with E-state index in [0.717, 1.165) is 24.5 Å². The van der Waals surface area contributed by atoms with Gasteiger partial charge >= 0.3 is 0 Å². The second kappa shape index (κ2) is 3.77. The van der Waals surface area contributed by atoms with Crippen molar-refractivity contribution in [1.29, 1.82) is 0 Å². The molecule has 1 saturated carbocycles. The van der Waals surface area contributed by atoms with E-state index in [-0.39, 0.29) is 0 Å². The molecule has 14 heavy (non-hydrogen) atoms. The maximum absolute atomic E-state index is 5.63. The molecular formula is C12H19NO. The smallest absolute Gasteiger partial charge is 0.117 e. The van der Waals surface area contributed by atoms with Gasteiger partial charge in [-0.05, 0) is 38.3 Å². The van der Waals surface area contributed by atoms with Crippen LogP contribution in [0.4, 0.5) is 0 Å². The largest absolute Gasteiger partial charge is 0.465 e. The van der Waals surface area contributed by atoms with E-state index in [1.807, 2.05) is 0 Å². The summed E-state index contributed by atoms with van der Waals surface area (Å²) in [5.74, 6) is 2.15. The Morgan fingerprint density at radius 2 is 2.07 bits per heavy atom. The van der Waals surface area contributed by atoms with Gasteiger partial charge in [-0.3, -0.25) is 0 Å². The number of nitrogens with one attached hydrogen (secondary N) is 1. The number of hydrogen-bond acceptors (Lipinski definition) is 2. The number of hydrogen-bond donors (Lipinski definition) is 1. The van der Waals surface area contributed by atoms with Crippen molar-refractivity contribution in [2.45, 2.75) is 51.6 Å². The van der Waals surface area contributed by atoms with Gasteiger partial charge in [-0.2, -0.15) is 0 Å². The van der Waals surface area contributed by atoms with E-state index in [9.17, 15) is 0 Å². The number of rotatable bonds is 4. The molecule has 1 fully saturated rings. The first-order valence-corrected chi connectivity index (χ1v) is 5.54. The average molecular weight is 193 g/mol. The van der Waals surface area contributed by atoms with Crippen LogP contribution in [-0.4, -0.2) is 5.54 Å². The zero-order valence-electron chi connectivity index (χ0n) is 9.10. The van der Waals surface area contributed by atoms with Crippen LogP contribution >= 0.6 is 0 Å². The highest BCUT2D eigenvalue weighted by Crippen LogP contribution is 2.31. The van der Waals surface area contributed by atoms with Crippen molar-refractivity contribution in [3.05, 3.63) is 23.7 Å². The summed E-state index contributed by atoms with van der Waals surface area (Å²) in [6.45, 7) is 5.28. The molecule has 2 heteroatoms. The molecule has 1 N–H and O–H groups in total. The third-order valence-corrected chi connectivity index (χ3v) is 3.21. The van der Waals surface area contributed by atoms with Crippen molar-refractivity contribution in [3.63, 3.8) is 0 Å². The molecule has 0 unspecified atom stereocenters. The SMILES string of the molecule is CCc1ccc(CNC2(C)CCC2)o1. The van der Waals surface area contributed by atoms with Gasteiger partial charge in [0.05, 0.1) is 6.54 Å². The Morgan fingerprint density at radius 3 is 2.57 bits per heavy atom. The molecule has 0 amide bonds. The molecule has 0 saturated heterocycles. The highest BCUT2D eigenvalue weighted by molar-refractivity contribution is 5.07. The Morgan fingerprint density at radius 1 is 1.36 bits per heavy atom. The summed E-state index contributed by atoms with van der Waals surface area (Å²) in [7, 11) is 0. The summed E-state index contributed by atoms with van der Waals surface area (Å²) in [6, 6.07) is 4.15. The van der Waals surface area contributed by atoms with Gasteiger partial charge in [-0.15, -0.1) is 0 Å². The van der Waals surface area contributed by atoms with E-state index in [2.05, 4.69) is 31.3 Å². The molecule has 0 radical (unpaired) electrons. The van der Waals surface area contributed by atoms with Gasteiger partial charge in [0.15, 0.2) is 0 Å². The van der Waals surface area contributed by atoms with Gasteiger partial charge < -0.3 is 9.73 Å². The molecule has 1 aromatic heterocycles. The fourth-order valence-electron chi connectivity index (χ4n) is 1.89. The van der Waals surface area contributed by atoms with E-state index in [1.165, 1.54) is 19.3 Å². The highest BCUT2D eigenvalue weighted by atomic mass is 16.3. The molecular weight excluding hydrogens is 174 g/mol. The zero-order chi connectivity index (χ0) is 10.0. The molecule has 1 aliphatic rings. The first-order valence-electron chi connectivity index (χ1n) is 5.54.